The Balaban J connectivity index is 1.44. The van der Waals surface area contributed by atoms with Crippen LogP contribution in [-0.4, -0.2) is 35.0 Å². The fraction of sp³-hybridized carbons (Fsp3) is 0.677. The molecule has 1 saturated carbocycles. The van der Waals surface area contributed by atoms with E-state index in [2.05, 4.69) is 26.8 Å². The normalized spacial score (nSPS) is 36.9. The number of benzene rings is 1. The van der Waals surface area contributed by atoms with Gasteiger partial charge in [-0.15, -0.1) is 0 Å². The van der Waals surface area contributed by atoms with Crippen LogP contribution in [0.25, 0.3) is 0 Å². The number of rotatable bonds is 4. The number of carbonyl (C=O) groups excluding carboxylic acids is 2. The topological polar surface area (TPSA) is 80.3 Å². The van der Waals surface area contributed by atoms with Crippen molar-refractivity contribution in [2.45, 2.75) is 123 Å². The summed E-state index contributed by atoms with van der Waals surface area (Å²) in [7, 11) is 0. The lowest BCUT2D eigenvalue weighted by Crippen LogP contribution is -2.57. The minimum Gasteiger partial charge on any atom is -0.487 e. The summed E-state index contributed by atoms with van der Waals surface area (Å²) in [6, 6.07) is 3.76. The summed E-state index contributed by atoms with van der Waals surface area (Å²) in [6.45, 7) is 15.6. The summed E-state index contributed by atoms with van der Waals surface area (Å²) in [6.07, 6.45) is 7.79. The smallest absolute Gasteiger partial charge is 0.308 e. The van der Waals surface area contributed by atoms with Gasteiger partial charge < -0.3 is 23.7 Å². The van der Waals surface area contributed by atoms with E-state index in [4.69, 9.17) is 23.7 Å². The Kier molecular flexibility index (Phi) is 6.22. The average molecular weight is 527 g/mol. The molecule has 0 bridgehead atoms. The predicted octanol–water partition coefficient (Wildman–Crippen LogP) is 6.33. The number of allylic oxidation sites excluding steroid dienone is 1. The maximum absolute atomic E-state index is 11.9. The molecule has 38 heavy (non-hydrogen) atoms. The summed E-state index contributed by atoms with van der Waals surface area (Å²) < 4.78 is 31.5. The molecule has 1 aromatic carbocycles. The Labute approximate surface area is 226 Å². The van der Waals surface area contributed by atoms with Gasteiger partial charge in [-0.05, 0) is 82.7 Å². The van der Waals surface area contributed by atoms with Crippen molar-refractivity contribution in [3.63, 3.8) is 0 Å². The lowest BCUT2D eigenvalue weighted by molar-refractivity contribution is -0.311. The average Bonchev–Trinajstić information content (AvgIpc) is 3.21. The van der Waals surface area contributed by atoms with Gasteiger partial charge in [0.05, 0.1) is 6.42 Å². The lowest BCUT2D eigenvalue weighted by atomic mass is 9.60. The van der Waals surface area contributed by atoms with Gasteiger partial charge in [0, 0.05) is 31.1 Å². The van der Waals surface area contributed by atoms with Crippen LogP contribution in [0.1, 0.15) is 98.1 Å². The van der Waals surface area contributed by atoms with Crippen LogP contribution in [0.4, 0.5) is 0 Å². The van der Waals surface area contributed by atoms with E-state index in [1.165, 1.54) is 13.8 Å². The molecule has 0 radical (unpaired) electrons. The highest BCUT2D eigenvalue weighted by Gasteiger charge is 2.70. The highest BCUT2D eigenvalue weighted by molar-refractivity contribution is 5.69. The quantitative estimate of drug-likeness (QED) is 0.335. The molecule has 3 heterocycles. The molecule has 0 amide bonds. The van der Waals surface area contributed by atoms with E-state index in [1.807, 2.05) is 32.9 Å². The minimum atomic E-state index is -0.885. The van der Waals surface area contributed by atoms with Gasteiger partial charge in [-0.2, -0.15) is 0 Å². The van der Waals surface area contributed by atoms with E-state index < -0.39 is 17.0 Å². The molecular weight excluding hydrogens is 484 g/mol. The van der Waals surface area contributed by atoms with E-state index in [9.17, 15) is 9.59 Å². The maximum atomic E-state index is 11.9. The molecule has 1 saturated heterocycles. The van der Waals surface area contributed by atoms with Gasteiger partial charge in [0.25, 0.3) is 0 Å². The number of esters is 2. The largest absolute Gasteiger partial charge is 0.487 e. The Morgan fingerprint density at radius 3 is 2.42 bits per heavy atom. The van der Waals surface area contributed by atoms with Crippen LogP contribution in [-0.2, 0) is 30.2 Å². The molecule has 7 nitrogen and oxygen atoms in total. The van der Waals surface area contributed by atoms with E-state index in [1.54, 1.807) is 0 Å². The molecule has 5 unspecified atom stereocenters. The van der Waals surface area contributed by atoms with Crippen molar-refractivity contribution in [2.75, 3.05) is 0 Å². The van der Waals surface area contributed by atoms with Crippen LogP contribution in [0.5, 0.6) is 11.5 Å². The second-order valence-electron chi connectivity index (χ2n) is 13.1. The van der Waals surface area contributed by atoms with Gasteiger partial charge in [0.2, 0.25) is 5.79 Å². The molecule has 0 aromatic heterocycles. The van der Waals surface area contributed by atoms with Gasteiger partial charge >= 0.3 is 11.9 Å². The SMILES string of the molecule is CC(=O)Oc1cc(C)c2c(c1)CCC(C)(CC1=CC3(C)CCCC3(C)C3(CC(OC(C)=O)C(C)(C)O3)O1)O2. The highest BCUT2D eigenvalue weighted by Crippen LogP contribution is 2.67. The van der Waals surface area contributed by atoms with Crippen molar-refractivity contribution in [2.24, 2.45) is 10.8 Å². The van der Waals surface area contributed by atoms with Crippen LogP contribution in [0.3, 0.4) is 0 Å². The molecule has 1 spiro atoms. The van der Waals surface area contributed by atoms with Crippen molar-refractivity contribution in [1.29, 1.82) is 0 Å². The zero-order valence-electron chi connectivity index (χ0n) is 24.1. The predicted molar refractivity (Wildman–Crippen MR) is 142 cm³/mol. The van der Waals surface area contributed by atoms with Gasteiger partial charge in [-0.25, -0.2) is 0 Å². The van der Waals surface area contributed by atoms with Crippen molar-refractivity contribution >= 4 is 11.9 Å². The van der Waals surface area contributed by atoms with Crippen molar-refractivity contribution in [3.8, 4) is 11.5 Å². The van der Waals surface area contributed by atoms with Gasteiger partial charge in [0.15, 0.2) is 0 Å². The van der Waals surface area contributed by atoms with Gasteiger partial charge in [0.1, 0.15) is 34.6 Å². The fourth-order valence-corrected chi connectivity index (χ4v) is 7.39. The molecule has 208 valence electrons. The van der Waals surface area contributed by atoms with Crippen LogP contribution >= 0.6 is 0 Å². The Morgan fingerprint density at radius 1 is 1.00 bits per heavy atom. The molecule has 1 aromatic rings. The highest BCUT2D eigenvalue weighted by atomic mass is 16.7. The fourth-order valence-electron chi connectivity index (χ4n) is 7.39. The standard InChI is InChI=1S/C31H42O7/c1-19-14-23(34-20(2)32)15-22-10-13-29(7,37-26(19)22)17-24-16-28(6)11-9-12-30(28,8)31(36-24)18-25(35-21(3)33)27(4,5)38-31/h14-16,25H,9-13,17-18H2,1-8H3. The van der Waals surface area contributed by atoms with E-state index in [0.717, 1.165) is 54.7 Å². The van der Waals surface area contributed by atoms with E-state index >= 15 is 0 Å². The first kappa shape index (κ1) is 27.0. The lowest BCUT2D eigenvalue weighted by Gasteiger charge is -2.55. The molecule has 2 fully saturated rings. The third-order valence-corrected chi connectivity index (χ3v) is 9.62. The number of hydrogen-bond acceptors (Lipinski definition) is 7. The summed E-state index contributed by atoms with van der Waals surface area (Å²) >= 11 is 0. The zero-order valence-corrected chi connectivity index (χ0v) is 24.1. The number of aryl methyl sites for hydroxylation is 2. The van der Waals surface area contributed by atoms with Gasteiger partial charge in [-0.1, -0.05) is 20.3 Å². The molecule has 5 rings (SSSR count). The second-order valence-corrected chi connectivity index (χ2v) is 13.1. The van der Waals surface area contributed by atoms with Crippen LogP contribution < -0.4 is 9.47 Å². The zero-order chi connectivity index (χ0) is 27.7. The third-order valence-electron chi connectivity index (χ3n) is 9.62. The Hall–Kier alpha value is -2.54. The molecule has 1 aliphatic carbocycles. The van der Waals surface area contributed by atoms with Crippen LogP contribution in [0, 0.1) is 17.8 Å². The molecular formula is C31H42O7. The van der Waals surface area contributed by atoms with Crippen LogP contribution in [0.15, 0.2) is 24.0 Å². The minimum absolute atomic E-state index is 0.112. The number of fused-ring (bicyclic) bond motifs is 3. The Morgan fingerprint density at radius 2 is 1.74 bits per heavy atom. The first-order chi connectivity index (χ1) is 17.6. The van der Waals surface area contributed by atoms with Crippen molar-refractivity contribution in [3.05, 3.63) is 35.1 Å². The third kappa shape index (κ3) is 4.31. The molecule has 0 N–H and O–H groups in total. The number of hydrogen-bond donors (Lipinski definition) is 0. The summed E-state index contributed by atoms with van der Waals surface area (Å²) in [5, 5.41) is 0. The van der Waals surface area contributed by atoms with Gasteiger partial charge in [-0.3, -0.25) is 9.59 Å². The maximum Gasteiger partial charge on any atom is 0.308 e. The van der Waals surface area contributed by atoms with Crippen molar-refractivity contribution in [1.82, 2.24) is 0 Å². The summed E-state index contributed by atoms with van der Waals surface area (Å²) in [5.74, 6) is 0.768. The molecule has 4 aliphatic rings. The summed E-state index contributed by atoms with van der Waals surface area (Å²) in [4.78, 5) is 23.4. The number of carbonyl (C=O) groups is 2. The Bertz CT molecular complexity index is 1200. The first-order valence-electron chi connectivity index (χ1n) is 13.9. The number of ether oxygens (including phenoxy) is 5. The monoisotopic (exact) mass is 526 g/mol. The summed E-state index contributed by atoms with van der Waals surface area (Å²) in [5.41, 5.74) is 0.496. The first-order valence-corrected chi connectivity index (χ1v) is 13.9. The van der Waals surface area contributed by atoms with E-state index in [-0.39, 0.29) is 28.9 Å². The van der Waals surface area contributed by atoms with E-state index in [0.29, 0.717) is 18.6 Å². The molecule has 5 atom stereocenters. The molecule has 3 aliphatic heterocycles. The van der Waals surface area contributed by atoms with Crippen LogP contribution in [0.2, 0.25) is 0 Å². The molecule has 7 heteroatoms. The van der Waals surface area contributed by atoms with Crippen molar-refractivity contribution < 1.29 is 33.3 Å². The second kappa shape index (κ2) is 8.73.